The molecular weight excluding hydrogens is 278 g/mol. The average molecular weight is 294 g/mol. The van der Waals surface area contributed by atoms with E-state index < -0.39 is 0 Å². The van der Waals surface area contributed by atoms with Gasteiger partial charge in [-0.3, -0.25) is 0 Å². The van der Waals surface area contributed by atoms with Gasteiger partial charge < -0.3 is 5.43 Å². The second kappa shape index (κ2) is 8.58. The smallest absolute Gasteiger partial charge is 0.176 e. The topological polar surface area (TPSA) is 50.4 Å². The highest BCUT2D eigenvalue weighted by atomic mass is 35.5. The predicted molar refractivity (Wildman–Crippen MR) is 85.8 cm³/mol. The summed E-state index contributed by atoms with van der Waals surface area (Å²) in [6.45, 7) is 0. The SMILES string of the molecule is Cl.NNC(=Nc1ccccc1)SCc1ccccc1. The predicted octanol–water partition coefficient (Wildman–Crippen LogP) is 3.49. The van der Waals surface area contributed by atoms with Gasteiger partial charge in [0.05, 0.1) is 5.69 Å². The third-order valence-corrected chi connectivity index (χ3v) is 3.29. The van der Waals surface area contributed by atoms with Crippen molar-refractivity contribution >= 4 is 35.0 Å². The molecule has 0 bridgehead atoms. The normalized spacial score (nSPS) is 10.7. The summed E-state index contributed by atoms with van der Waals surface area (Å²) in [7, 11) is 0. The van der Waals surface area contributed by atoms with Gasteiger partial charge in [0, 0.05) is 5.75 Å². The molecule has 19 heavy (non-hydrogen) atoms. The number of halogens is 1. The van der Waals surface area contributed by atoms with Crippen LogP contribution in [0.1, 0.15) is 5.56 Å². The summed E-state index contributed by atoms with van der Waals surface area (Å²) in [6, 6.07) is 20.0. The Kier molecular flexibility index (Phi) is 7.03. The number of nitrogens with one attached hydrogen (secondary N) is 1. The molecule has 2 rings (SSSR count). The summed E-state index contributed by atoms with van der Waals surface area (Å²) in [4.78, 5) is 4.44. The molecule has 0 aromatic heterocycles. The molecule has 0 amide bonds. The van der Waals surface area contributed by atoms with E-state index in [1.807, 2.05) is 48.5 Å². The summed E-state index contributed by atoms with van der Waals surface area (Å²) in [5, 5.41) is 0.713. The molecule has 0 radical (unpaired) electrons. The first-order valence-electron chi connectivity index (χ1n) is 5.65. The zero-order valence-corrected chi connectivity index (χ0v) is 12.0. The Morgan fingerprint density at radius 3 is 2.16 bits per heavy atom. The van der Waals surface area contributed by atoms with Crippen molar-refractivity contribution in [1.82, 2.24) is 5.43 Å². The zero-order chi connectivity index (χ0) is 12.6. The van der Waals surface area contributed by atoms with Gasteiger partial charge in [-0.05, 0) is 17.7 Å². The van der Waals surface area contributed by atoms with Crippen molar-refractivity contribution < 1.29 is 0 Å². The molecule has 3 N–H and O–H groups in total. The maximum absolute atomic E-state index is 5.48. The van der Waals surface area contributed by atoms with Crippen LogP contribution in [0.5, 0.6) is 0 Å². The largest absolute Gasteiger partial charge is 0.303 e. The number of benzene rings is 2. The fraction of sp³-hybridized carbons (Fsp3) is 0.0714. The van der Waals surface area contributed by atoms with Crippen LogP contribution in [-0.4, -0.2) is 5.17 Å². The minimum Gasteiger partial charge on any atom is -0.303 e. The fourth-order valence-corrected chi connectivity index (χ4v) is 2.20. The number of hydrogen-bond acceptors (Lipinski definition) is 3. The van der Waals surface area contributed by atoms with Gasteiger partial charge in [0.25, 0.3) is 0 Å². The van der Waals surface area contributed by atoms with Crippen molar-refractivity contribution in [3.8, 4) is 0 Å². The quantitative estimate of drug-likeness (QED) is 0.394. The zero-order valence-electron chi connectivity index (χ0n) is 10.3. The Morgan fingerprint density at radius 2 is 1.58 bits per heavy atom. The lowest BCUT2D eigenvalue weighted by atomic mass is 10.2. The molecule has 0 saturated carbocycles. The van der Waals surface area contributed by atoms with Gasteiger partial charge in [0.1, 0.15) is 0 Å². The van der Waals surface area contributed by atoms with E-state index in [2.05, 4.69) is 22.6 Å². The minimum atomic E-state index is 0. The highest BCUT2D eigenvalue weighted by Crippen LogP contribution is 2.16. The summed E-state index contributed by atoms with van der Waals surface area (Å²) >= 11 is 1.58. The lowest BCUT2D eigenvalue weighted by Crippen LogP contribution is -2.27. The molecule has 0 atom stereocenters. The lowest BCUT2D eigenvalue weighted by molar-refractivity contribution is 1.04. The van der Waals surface area contributed by atoms with Crippen LogP contribution in [0.4, 0.5) is 5.69 Å². The first-order valence-corrected chi connectivity index (χ1v) is 6.64. The Labute approximate surface area is 123 Å². The van der Waals surface area contributed by atoms with Crippen molar-refractivity contribution in [2.24, 2.45) is 10.8 Å². The first kappa shape index (κ1) is 15.6. The Morgan fingerprint density at radius 1 is 1.00 bits per heavy atom. The van der Waals surface area contributed by atoms with Crippen molar-refractivity contribution in [1.29, 1.82) is 0 Å². The van der Waals surface area contributed by atoms with E-state index in [9.17, 15) is 0 Å². The van der Waals surface area contributed by atoms with Crippen molar-refractivity contribution in [2.45, 2.75) is 5.75 Å². The fourth-order valence-electron chi connectivity index (χ4n) is 1.45. The number of amidine groups is 1. The molecule has 0 saturated heterocycles. The van der Waals surface area contributed by atoms with Crippen LogP contribution in [0.15, 0.2) is 65.7 Å². The number of aliphatic imine (C=N–C) groups is 1. The number of nitrogens with two attached hydrogens (primary N) is 1. The van der Waals surface area contributed by atoms with E-state index in [0.29, 0.717) is 5.17 Å². The molecule has 0 unspecified atom stereocenters. The lowest BCUT2D eigenvalue weighted by Gasteiger charge is -2.05. The number of thioether (sulfide) groups is 1. The third kappa shape index (κ3) is 5.34. The van der Waals surface area contributed by atoms with E-state index in [-0.39, 0.29) is 12.4 Å². The Bertz CT molecular complexity index is 503. The maximum Gasteiger partial charge on any atom is 0.176 e. The van der Waals surface area contributed by atoms with Crippen LogP contribution in [0.25, 0.3) is 0 Å². The van der Waals surface area contributed by atoms with Crippen LogP contribution in [0, 0.1) is 0 Å². The molecule has 3 nitrogen and oxygen atoms in total. The highest BCUT2D eigenvalue weighted by molar-refractivity contribution is 8.13. The molecule has 0 aliphatic carbocycles. The molecule has 2 aromatic rings. The number of rotatable bonds is 3. The summed E-state index contributed by atoms with van der Waals surface area (Å²) in [6.07, 6.45) is 0. The number of para-hydroxylation sites is 1. The van der Waals surface area contributed by atoms with Crippen LogP contribution in [-0.2, 0) is 5.75 Å². The van der Waals surface area contributed by atoms with Crippen molar-refractivity contribution in [2.75, 3.05) is 0 Å². The molecule has 0 spiro atoms. The van der Waals surface area contributed by atoms with Crippen LogP contribution >= 0.6 is 24.2 Å². The van der Waals surface area contributed by atoms with Crippen LogP contribution < -0.4 is 11.3 Å². The van der Waals surface area contributed by atoms with Gasteiger partial charge >= 0.3 is 0 Å². The van der Waals surface area contributed by atoms with Gasteiger partial charge in [-0.25, -0.2) is 10.8 Å². The molecule has 0 heterocycles. The van der Waals surface area contributed by atoms with E-state index >= 15 is 0 Å². The van der Waals surface area contributed by atoms with E-state index in [0.717, 1.165) is 11.4 Å². The molecule has 100 valence electrons. The van der Waals surface area contributed by atoms with Crippen LogP contribution in [0.2, 0.25) is 0 Å². The monoisotopic (exact) mass is 293 g/mol. The average Bonchev–Trinajstić information content (AvgIpc) is 2.45. The van der Waals surface area contributed by atoms with Gasteiger partial charge in [0.15, 0.2) is 5.17 Å². The molecule has 0 aliphatic rings. The number of hydrazine groups is 1. The van der Waals surface area contributed by atoms with E-state index in [1.165, 1.54) is 5.56 Å². The van der Waals surface area contributed by atoms with E-state index in [1.54, 1.807) is 11.8 Å². The van der Waals surface area contributed by atoms with Gasteiger partial charge in [-0.15, -0.1) is 12.4 Å². The summed E-state index contributed by atoms with van der Waals surface area (Å²) < 4.78 is 0. The molecular formula is C14H16ClN3S. The molecule has 2 aromatic carbocycles. The second-order valence-corrected chi connectivity index (χ2v) is 4.64. The Balaban J connectivity index is 0.00000180. The summed E-state index contributed by atoms with van der Waals surface area (Å²) in [5.41, 5.74) is 4.78. The third-order valence-electron chi connectivity index (χ3n) is 2.33. The van der Waals surface area contributed by atoms with E-state index in [4.69, 9.17) is 5.84 Å². The highest BCUT2D eigenvalue weighted by Gasteiger charge is 1.99. The Hall–Kier alpha value is -1.49. The molecule has 0 aliphatic heterocycles. The van der Waals surface area contributed by atoms with Gasteiger partial charge in [0.2, 0.25) is 0 Å². The number of hydrogen-bond donors (Lipinski definition) is 2. The minimum absolute atomic E-state index is 0. The number of nitrogens with zero attached hydrogens (tertiary/aromatic N) is 1. The molecule has 5 heteroatoms. The standard InChI is InChI=1S/C14H15N3S.ClH/c15-17-14(16-13-9-5-2-6-10-13)18-11-12-7-3-1-4-8-12;/h1-10H,11,15H2,(H,16,17);1H. The second-order valence-electron chi connectivity index (χ2n) is 3.67. The van der Waals surface area contributed by atoms with Gasteiger partial charge in [-0.1, -0.05) is 60.3 Å². The summed E-state index contributed by atoms with van der Waals surface area (Å²) in [5.74, 6) is 6.33. The van der Waals surface area contributed by atoms with Gasteiger partial charge in [-0.2, -0.15) is 0 Å². The van der Waals surface area contributed by atoms with Crippen LogP contribution in [0.3, 0.4) is 0 Å². The van der Waals surface area contributed by atoms with Crippen molar-refractivity contribution in [3.05, 3.63) is 66.2 Å². The van der Waals surface area contributed by atoms with Crippen molar-refractivity contribution in [3.63, 3.8) is 0 Å². The molecule has 0 fully saturated rings. The first-order chi connectivity index (χ1) is 8.88. The maximum atomic E-state index is 5.48.